The van der Waals surface area contributed by atoms with E-state index in [9.17, 15) is 9.59 Å². The van der Waals surface area contributed by atoms with E-state index in [0.717, 1.165) is 23.9 Å². The molecule has 0 spiro atoms. The Labute approximate surface area is 176 Å². The molecule has 1 saturated carbocycles. The highest BCUT2D eigenvalue weighted by atomic mass is 16.2. The first kappa shape index (κ1) is 20.3. The molecule has 0 saturated heterocycles. The standard InChI is InChI=1S/C24H30N4O2/c1-17-9-10-19(18(2)15-17)24(11-5-6-12-24)16-26-22(29)25-13-14-28-21-8-4-3-7-20(21)27-23(28)30/h3-4,7-10,15H,5-6,11-14,16H2,1-2H3,(H,27,30)(H2,25,26,29). The number of benzene rings is 2. The first-order valence-electron chi connectivity index (χ1n) is 10.8. The summed E-state index contributed by atoms with van der Waals surface area (Å²) in [5.74, 6) is 0. The number of H-pyrrole nitrogens is 1. The fourth-order valence-electron chi connectivity index (χ4n) is 4.92. The topological polar surface area (TPSA) is 78.9 Å². The van der Waals surface area contributed by atoms with Gasteiger partial charge < -0.3 is 15.6 Å². The third kappa shape index (κ3) is 3.99. The summed E-state index contributed by atoms with van der Waals surface area (Å²) in [6.45, 7) is 5.74. The summed E-state index contributed by atoms with van der Waals surface area (Å²) in [5.41, 5.74) is 5.45. The van der Waals surface area contributed by atoms with Crippen molar-refractivity contribution in [2.24, 2.45) is 0 Å². The fourth-order valence-corrected chi connectivity index (χ4v) is 4.92. The normalized spacial score (nSPS) is 15.4. The van der Waals surface area contributed by atoms with E-state index in [1.807, 2.05) is 24.3 Å². The molecule has 1 heterocycles. The van der Waals surface area contributed by atoms with Crippen LogP contribution in [-0.2, 0) is 12.0 Å². The molecule has 3 N–H and O–H groups in total. The van der Waals surface area contributed by atoms with Crippen molar-refractivity contribution in [1.29, 1.82) is 0 Å². The number of nitrogens with one attached hydrogen (secondary N) is 3. The number of carbonyl (C=O) groups excluding carboxylic acids is 1. The maximum absolute atomic E-state index is 12.5. The molecule has 6 heteroatoms. The molecule has 4 rings (SSSR count). The summed E-state index contributed by atoms with van der Waals surface area (Å²) in [5, 5.41) is 6.00. The highest BCUT2D eigenvalue weighted by molar-refractivity contribution is 5.75. The highest BCUT2D eigenvalue weighted by Gasteiger charge is 2.36. The van der Waals surface area contributed by atoms with Crippen LogP contribution in [0.25, 0.3) is 11.0 Å². The predicted molar refractivity (Wildman–Crippen MR) is 120 cm³/mol. The molecule has 0 radical (unpaired) electrons. The SMILES string of the molecule is Cc1ccc(C2(CNC(=O)NCCn3c(=O)[nH]c4ccccc43)CCCC2)c(C)c1. The zero-order valence-electron chi connectivity index (χ0n) is 17.8. The summed E-state index contributed by atoms with van der Waals surface area (Å²) in [6, 6.07) is 14.0. The Hall–Kier alpha value is -3.02. The lowest BCUT2D eigenvalue weighted by molar-refractivity contribution is 0.236. The molecule has 2 aromatic carbocycles. The Bertz CT molecular complexity index is 1110. The molecule has 3 aromatic rings. The molecule has 1 fully saturated rings. The van der Waals surface area contributed by atoms with Gasteiger partial charge in [-0.1, -0.05) is 48.7 Å². The third-order valence-electron chi connectivity index (χ3n) is 6.40. The molecular weight excluding hydrogens is 376 g/mol. The van der Waals surface area contributed by atoms with E-state index >= 15 is 0 Å². The van der Waals surface area contributed by atoms with Crippen LogP contribution in [0.15, 0.2) is 47.3 Å². The van der Waals surface area contributed by atoms with Gasteiger partial charge in [-0.2, -0.15) is 0 Å². The molecule has 6 nitrogen and oxygen atoms in total. The van der Waals surface area contributed by atoms with Crippen molar-refractivity contribution in [1.82, 2.24) is 20.2 Å². The number of aryl methyl sites for hydroxylation is 2. The third-order valence-corrected chi connectivity index (χ3v) is 6.40. The Morgan fingerprint density at radius 2 is 1.87 bits per heavy atom. The minimum Gasteiger partial charge on any atom is -0.337 e. The average Bonchev–Trinajstić information content (AvgIpc) is 3.32. The molecule has 1 aliphatic carbocycles. The van der Waals surface area contributed by atoms with Crippen molar-refractivity contribution in [3.05, 3.63) is 69.6 Å². The molecule has 158 valence electrons. The van der Waals surface area contributed by atoms with Crippen LogP contribution < -0.4 is 16.3 Å². The number of hydrogen-bond donors (Lipinski definition) is 3. The lowest BCUT2D eigenvalue weighted by Crippen LogP contribution is -2.44. The van der Waals surface area contributed by atoms with E-state index in [0.29, 0.717) is 19.6 Å². The first-order valence-corrected chi connectivity index (χ1v) is 10.8. The Morgan fingerprint density at radius 3 is 2.63 bits per heavy atom. The van der Waals surface area contributed by atoms with Crippen LogP contribution in [0, 0.1) is 13.8 Å². The summed E-state index contributed by atoms with van der Waals surface area (Å²) >= 11 is 0. The molecule has 2 amide bonds. The minimum atomic E-state index is -0.182. The van der Waals surface area contributed by atoms with Gasteiger partial charge in [0, 0.05) is 25.0 Å². The van der Waals surface area contributed by atoms with Crippen molar-refractivity contribution in [3.63, 3.8) is 0 Å². The van der Waals surface area contributed by atoms with Crippen LogP contribution in [-0.4, -0.2) is 28.7 Å². The molecule has 0 unspecified atom stereocenters. The number of nitrogens with zero attached hydrogens (tertiary/aromatic N) is 1. The average molecular weight is 407 g/mol. The maximum atomic E-state index is 12.5. The molecule has 1 aliphatic rings. The summed E-state index contributed by atoms with van der Waals surface area (Å²) in [6.07, 6.45) is 4.59. The van der Waals surface area contributed by atoms with Gasteiger partial charge in [-0.25, -0.2) is 9.59 Å². The summed E-state index contributed by atoms with van der Waals surface area (Å²) in [7, 11) is 0. The molecular formula is C24H30N4O2. The van der Waals surface area contributed by atoms with E-state index in [4.69, 9.17) is 0 Å². The van der Waals surface area contributed by atoms with Gasteiger partial charge >= 0.3 is 11.7 Å². The number of fused-ring (bicyclic) bond motifs is 1. The predicted octanol–water partition coefficient (Wildman–Crippen LogP) is 3.76. The number of amides is 2. The number of aromatic amines is 1. The lowest BCUT2D eigenvalue weighted by Gasteiger charge is -2.31. The number of urea groups is 1. The van der Waals surface area contributed by atoms with E-state index < -0.39 is 0 Å². The van der Waals surface area contributed by atoms with Gasteiger partial charge in [0.05, 0.1) is 11.0 Å². The summed E-state index contributed by atoms with van der Waals surface area (Å²) < 4.78 is 1.66. The fraction of sp³-hybridized carbons (Fsp3) is 0.417. The Balaban J connectivity index is 1.36. The molecule has 0 atom stereocenters. The Morgan fingerprint density at radius 1 is 1.10 bits per heavy atom. The molecule has 30 heavy (non-hydrogen) atoms. The van der Waals surface area contributed by atoms with Crippen molar-refractivity contribution in [2.45, 2.75) is 51.5 Å². The monoisotopic (exact) mass is 406 g/mol. The van der Waals surface area contributed by atoms with E-state index in [2.05, 4.69) is 47.7 Å². The summed E-state index contributed by atoms with van der Waals surface area (Å²) in [4.78, 5) is 27.5. The van der Waals surface area contributed by atoms with Crippen LogP contribution in [0.3, 0.4) is 0 Å². The van der Waals surface area contributed by atoms with Crippen LogP contribution in [0.4, 0.5) is 4.79 Å². The van der Waals surface area contributed by atoms with Crippen molar-refractivity contribution in [3.8, 4) is 0 Å². The number of aromatic nitrogens is 2. The zero-order chi connectivity index (χ0) is 21.1. The Kier molecular flexibility index (Phi) is 5.66. The van der Waals surface area contributed by atoms with Gasteiger partial charge in [0.25, 0.3) is 0 Å². The van der Waals surface area contributed by atoms with Crippen LogP contribution in [0.1, 0.15) is 42.4 Å². The highest BCUT2D eigenvalue weighted by Crippen LogP contribution is 2.42. The van der Waals surface area contributed by atoms with Gasteiger partial charge in [0.1, 0.15) is 0 Å². The van der Waals surface area contributed by atoms with Gasteiger partial charge in [-0.15, -0.1) is 0 Å². The smallest absolute Gasteiger partial charge is 0.326 e. The van der Waals surface area contributed by atoms with Gasteiger partial charge in [-0.05, 0) is 49.9 Å². The minimum absolute atomic E-state index is 0.0168. The molecule has 0 bridgehead atoms. The number of hydrogen-bond acceptors (Lipinski definition) is 2. The second kappa shape index (κ2) is 8.38. The van der Waals surface area contributed by atoms with Gasteiger partial charge in [0.2, 0.25) is 0 Å². The van der Waals surface area contributed by atoms with E-state index in [-0.39, 0.29) is 17.1 Å². The molecule has 1 aromatic heterocycles. The number of para-hydroxylation sites is 2. The molecule has 0 aliphatic heterocycles. The van der Waals surface area contributed by atoms with Gasteiger partial charge in [-0.3, -0.25) is 4.57 Å². The second-order valence-corrected chi connectivity index (χ2v) is 8.51. The lowest BCUT2D eigenvalue weighted by atomic mass is 9.76. The van der Waals surface area contributed by atoms with Crippen molar-refractivity contribution >= 4 is 17.1 Å². The van der Waals surface area contributed by atoms with E-state index in [1.165, 1.54) is 29.5 Å². The largest absolute Gasteiger partial charge is 0.337 e. The number of carbonyl (C=O) groups is 1. The number of imidazole rings is 1. The van der Waals surface area contributed by atoms with Crippen LogP contribution in [0.2, 0.25) is 0 Å². The quantitative estimate of drug-likeness (QED) is 0.583. The van der Waals surface area contributed by atoms with Crippen LogP contribution >= 0.6 is 0 Å². The van der Waals surface area contributed by atoms with Crippen molar-refractivity contribution < 1.29 is 4.79 Å². The van der Waals surface area contributed by atoms with Crippen LogP contribution in [0.5, 0.6) is 0 Å². The first-order chi connectivity index (χ1) is 14.5. The van der Waals surface area contributed by atoms with Crippen molar-refractivity contribution in [2.75, 3.05) is 13.1 Å². The number of rotatable bonds is 6. The van der Waals surface area contributed by atoms with E-state index in [1.54, 1.807) is 4.57 Å². The maximum Gasteiger partial charge on any atom is 0.326 e. The van der Waals surface area contributed by atoms with Gasteiger partial charge in [0.15, 0.2) is 0 Å². The second-order valence-electron chi connectivity index (χ2n) is 8.51. The zero-order valence-corrected chi connectivity index (χ0v) is 17.8.